The summed E-state index contributed by atoms with van der Waals surface area (Å²) in [6.07, 6.45) is 1.60. The van der Waals surface area contributed by atoms with Crippen molar-refractivity contribution in [3.8, 4) is 0 Å². The molecule has 3 nitrogen and oxygen atoms in total. The van der Waals surface area contributed by atoms with Crippen molar-refractivity contribution in [1.82, 2.24) is 10.3 Å². The topological polar surface area (TPSA) is 42.0 Å². The van der Waals surface area contributed by atoms with Crippen LogP contribution >= 0.6 is 12.6 Å². The van der Waals surface area contributed by atoms with Gasteiger partial charge in [-0.05, 0) is 23.6 Å². The zero-order valence-electron chi connectivity index (χ0n) is 12.9. The van der Waals surface area contributed by atoms with Gasteiger partial charge in [-0.15, -0.1) is 12.6 Å². The van der Waals surface area contributed by atoms with E-state index in [4.69, 9.17) is 0 Å². The van der Waals surface area contributed by atoms with E-state index in [2.05, 4.69) is 42.0 Å². The van der Waals surface area contributed by atoms with Crippen molar-refractivity contribution < 1.29 is 4.79 Å². The minimum absolute atomic E-state index is 0.105. The van der Waals surface area contributed by atoms with Gasteiger partial charge in [0.15, 0.2) is 0 Å². The molecule has 0 aliphatic heterocycles. The molecular formula is C19H18N2OS. The summed E-state index contributed by atoms with van der Waals surface area (Å²) in [6, 6.07) is 17.7. The number of hydrogen-bond acceptors (Lipinski definition) is 3. The normalized spacial score (nSPS) is 12.1. The number of para-hydroxylation sites is 1. The molecule has 2 aromatic carbocycles. The lowest BCUT2D eigenvalue weighted by Gasteiger charge is -2.13. The van der Waals surface area contributed by atoms with Crippen LogP contribution in [0, 0.1) is 0 Å². The molecule has 0 aliphatic rings. The average Bonchev–Trinajstić information content (AvgIpc) is 2.60. The highest BCUT2D eigenvalue weighted by molar-refractivity contribution is 7.80. The number of nitrogens with one attached hydrogen (secondary N) is 1. The van der Waals surface area contributed by atoms with Crippen LogP contribution in [0.4, 0.5) is 0 Å². The number of rotatable bonds is 4. The minimum atomic E-state index is -0.105. The predicted molar refractivity (Wildman–Crippen MR) is 96.2 cm³/mol. The monoisotopic (exact) mass is 322 g/mol. The molecule has 0 fully saturated rings. The molecule has 1 heterocycles. The molecule has 0 saturated carbocycles. The van der Waals surface area contributed by atoms with Gasteiger partial charge in [0.2, 0.25) is 0 Å². The van der Waals surface area contributed by atoms with Crippen molar-refractivity contribution in [2.75, 3.05) is 6.54 Å². The van der Waals surface area contributed by atoms with Crippen molar-refractivity contribution in [3.05, 3.63) is 71.9 Å². The third kappa shape index (κ3) is 3.54. The Labute approximate surface area is 141 Å². The van der Waals surface area contributed by atoms with Gasteiger partial charge in [-0.25, -0.2) is 0 Å². The first-order valence-electron chi connectivity index (χ1n) is 7.56. The zero-order valence-corrected chi connectivity index (χ0v) is 13.8. The molecule has 0 aliphatic carbocycles. The van der Waals surface area contributed by atoms with E-state index in [-0.39, 0.29) is 11.8 Å². The van der Waals surface area contributed by atoms with Gasteiger partial charge in [0, 0.05) is 23.0 Å². The van der Waals surface area contributed by atoms with Crippen LogP contribution in [0.25, 0.3) is 10.9 Å². The third-order valence-corrected chi connectivity index (χ3v) is 4.25. The maximum atomic E-state index is 12.3. The maximum absolute atomic E-state index is 12.3. The van der Waals surface area contributed by atoms with Gasteiger partial charge in [-0.1, -0.05) is 49.4 Å². The molecule has 1 aromatic heterocycles. The van der Waals surface area contributed by atoms with Crippen LogP contribution < -0.4 is 5.32 Å². The van der Waals surface area contributed by atoms with Gasteiger partial charge in [-0.2, -0.15) is 0 Å². The summed E-state index contributed by atoms with van der Waals surface area (Å²) in [5.41, 5.74) is 2.59. The molecule has 3 aromatic rings. The van der Waals surface area contributed by atoms with E-state index in [1.54, 1.807) is 6.20 Å². The van der Waals surface area contributed by atoms with Gasteiger partial charge >= 0.3 is 0 Å². The van der Waals surface area contributed by atoms with Crippen LogP contribution in [-0.4, -0.2) is 17.4 Å². The second kappa shape index (κ2) is 6.84. The summed E-state index contributed by atoms with van der Waals surface area (Å²) >= 11 is 4.38. The molecule has 23 heavy (non-hydrogen) atoms. The number of pyridine rings is 1. The van der Waals surface area contributed by atoms with Crippen LogP contribution in [-0.2, 0) is 0 Å². The molecule has 0 spiro atoms. The molecule has 116 valence electrons. The second-order valence-electron chi connectivity index (χ2n) is 5.59. The molecule has 1 amide bonds. The third-order valence-electron chi connectivity index (χ3n) is 3.89. The number of amides is 1. The highest BCUT2D eigenvalue weighted by Crippen LogP contribution is 2.20. The lowest BCUT2D eigenvalue weighted by molar-refractivity contribution is 0.0951. The highest BCUT2D eigenvalue weighted by Gasteiger charge is 2.11. The number of benzene rings is 2. The number of fused-ring (bicyclic) bond motifs is 1. The molecule has 0 radical (unpaired) electrons. The van der Waals surface area contributed by atoms with Crippen LogP contribution in [0.5, 0.6) is 0 Å². The van der Waals surface area contributed by atoms with E-state index in [9.17, 15) is 4.79 Å². The van der Waals surface area contributed by atoms with Crippen LogP contribution in [0.1, 0.15) is 28.8 Å². The number of carbonyl (C=O) groups excluding carboxylic acids is 1. The van der Waals surface area contributed by atoms with Gasteiger partial charge < -0.3 is 5.32 Å². The van der Waals surface area contributed by atoms with E-state index in [0.717, 1.165) is 15.8 Å². The average molecular weight is 322 g/mol. The van der Waals surface area contributed by atoms with Gasteiger partial charge in [-0.3, -0.25) is 9.78 Å². The Bertz CT molecular complexity index is 833. The largest absolute Gasteiger partial charge is 0.351 e. The van der Waals surface area contributed by atoms with Gasteiger partial charge in [0.1, 0.15) is 0 Å². The number of carbonyl (C=O) groups is 1. The summed E-state index contributed by atoms with van der Waals surface area (Å²) in [5.74, 6) is 0.157. The van der Waals surface area contributed by atoms with E-state index in [1.165, 1.54) is 5.56 Å². The first-order chi connectivity index (χ1) is 11.1. The zero-order chi connectivity index (χ0) is 16.2. The van der Waals surface area contributed by atoms with E-state index >= 15 is 0 Å². The van der Waals surface area contributed by atoms with Crippen molar-refractivity contribution in [1.29, 1.82) is 0 Å². The predicted octanol–water partition coefficient (Wildman–Crippen LogP) is 4.06. The Kier molecular flexibility index (Phi) is 4.63. The van der Waals surface area contributed by atoms with Crippen LogP contribution in [0.3, 0.4) is 0 Å². The summed E-state index contributed by atoms with van der Waals surface area (Å²) in [5, 5.41) is 3.90. The Morgan fingerprint density at radius 3 is 2.74 bits per heavy atom. The minimum Gasteiger partial charge on any atom is -0.351 e. The Morgan fingerprint density at radius 1 is 1.17 bits per heavy atom. The van der Waals surface area contributed by atoms with Crippen LogP contribution in [0.2, 0.25) is 0 Å². The molecular weight excluding hydrogens is 304 g/mol. The Morgan fingerprint density at radius 2 is 1.96 bits per heavy atom. The molecule has 0 saturated heterocycles. The van der Waals surface area contributed by atoms with E-state index in [1.807, 2.05) is 42.5 Å². The first-order valence-corrected chi connectivity index (χ1v) is 8.01. The summed E-state index contributed by atoms with van der Waals surface area (Å²) in [6.45, 7) is 2.69. The van der Waals surface area contributed by atoms with Crippen LogP contribution in [0.15, 0.2) is 65.7 Å². The SMILES string of the molecule is CC(CNC(=O)c1cnc2c(S)cccc2c1)c1ccccc1. The number of aromatic nitrogens is 1. The number of hydrogen-bond donors (Lipinski definition) is 2. The second-order valence-corrected chi connectivity index (χ2v) is 6.08. The summed E-state index contributed by atoms with van der Waals surface area (Å²) in [7, 11) is 0. The highest BCUT2D eigenvalue weighted by atomic mass is 32.1. The molecule has 3 rings (SSSR count). The maximum Gasteiger partial charge on any atom is 0.252 e. The number of nitrogens with zero attached hydrogens (tertiary/aromatic N) is 1. The van der Waals surface area contributed by atoms with Crippen molar-refractivity contribution in [2.45, 2.75) is 17.7 Å². The molecule has 1 N–H and O–H groups in total. The first kappa shape index (κ1) is 15.6. The van der Waals surface area contributed by atoms with Gasteiger partial charge in [0.25, 0.3) is 5.91 Å². The standard InChI is InChI=1S/C19H18N2OS/c1-13(14-6-3-2-4-7-14)11-21-19(22)16-10-15-8-5-9-17(23)18(15)20-12-16/h2-10,12-13,23H,11H2,1H3,(H,21,22). The summed E-state index contributed by atoms with van der Waals surface area (Å²) < 4.78 is 0. The van der Waals surface area contributed by atoms with E-state index < -0.39 is 0 Å². The molecule has 1 atom stereocenters. The lowest BCUT2D eigenvalue weighted by atomic mass is 10.0. The van der Waals surface area contributed by atoms with Crippen molar-refractivity contribution >= 4 is 29.4 Å². The smallest absolute Gasteiger partial charge is 0.252 e. The fourth-order valence-electron chi connectivity index (χ4n) is 2.52. The van der Waals surface area contributed by atoms with E-state index in [0.29, 0.717) is 12.1 Å². The quantitative estimate of drug-likeness (QED) is 0.711. The van der Waals surface area contributed by atoms with Gasteiger partial charge in [0.05, 0.1) is 11.1 Å². The fourth-order valence-corrected chi connectivity index (χ4v) is 2.79. The Balaban J connectivity index is 1.71. The molecule has 0 bridgehead atoms. The fraction of sp³-hybridized carbons (Fsp3) is 0.158. The van der Waals surface area contributed by atoms with Crippen molar-refractivity contribution in [2.24, 2.45) is 0 Å². The lowest BCUT2D eigenvalue weighted by Crippen LogP contribution is -2.27. The summed E-state index contributed by atoms with van der Waals surface area (Å²) in [4.78, 5) is 17.5. The molecule has 1 unspecified atom stereocenters. The Hall–Kier alpha value is -2.33. The number of thiol groups is 1. The van der Waals surface area contributed by atoms with Crippen molar-refractivity contribution in [3.63, 3.8) is 0 Å². The molecule has 4 heteroatoms.